The smallest absolute Gasteiger partial charge is 0.245 e. The van der Waals surface area contributed by atoms with E-state index in [0.717, 1.165) is 29.9 Å². The van der Waals surface area contributed by atoms with Crippen molar-refractivity contribution >= 4 is 38.8 Å². The summed E-state index contributed by atoms with van der Waals surface area (Å²) >= 11 is 0. The van der Waals surface area contributed by atoms with Gasteiger partial charge in [-0.3, -0.25) is 4.79 Å². The summed E-state index contributed by atoms with van der Waals surface area (Å²) in [5.74, 6) is -0.0450. The summed E-state index contributed by atoms with van der Waals surface area (Å²) in [6.45, 7) is 6.92. The van der Waals surface area contributed by atoms with Gasteiger partial charge in [0.05, 0.1) is 0 Å². The largest absolute Gasteiger partial charge is 0.368 e. The average molecular weight is 438 g/mol. The summed E-state index contributed by atoms with van der Waals surface area (Å²) in [5.41, 5.74) is 1.91. The van der Waals surface area contributed by atoms with Crippen LogP contribution in [0.25, 0.3) is 10.8 Å². The molecule has 0 saturated carbocycles. The predicted octanol–water partition coefficient (Wildman–Crippen LogP) is 2.19. The summed E-state index contributed by atoms with van der Waals surface area (Å²) in [6, 6.07) is 16.7. The Bertz CT molecular complexity index is 1150. The average Bonchev–Trinajstić information content (AvgIpc) is 2.82. The lowest BCUT2D eigenvalue weighted by Gasteiger charge is -2.39. The first-order chi connectivity index (χ1) is 15.0. The number of piperazine rings is 1. The number of rotatable bonds is 5. The standard InChI is InChI=1S/C23H25N4O3S/c1-17(23(28)27-15-13-26(14-16-27)18-7-4-3-5-8-18)25(2)21-10-6-9-20-19(21)11-12-24-22(20)31(29)30/h3-12,17,31H,1,13-16H2,2H3. The fourth-order valence-electron chi connectivity index (χ4n) is 4.00. The van der Waals surface area contributed by atoms with Gasteiger partial charge in [0, 0.05) is 61.6 Å². The van der Waals surface area contributed by atoms with Crippen molar-refractivity contribution in [3.8, 4) is 0 Å². The van der Waals surface area contributed by atoms with Crippen LogP contribution in [0.3, 0.4) is 0 Å². The summed E-state index contributed by atoms with van der Waals surface area (Å²) < 4.78 is 23.1. The minimum atomic E-state index is -2.81. The molecule has 1 amide bonds. The highest BCUT2D eigenvalue weighted by Crippen LogP contribution is 2.29. The SMILES string of the molecule is [CH2]C(C(=O)N1CCN(c2ccccc2)CC1)N(C)c1cccc2c([SH](=O)=O)nccc12. The van der Waals surface area contributed by atoms with Gasteiger partial charge in [-0.2, -0.15) is 0 Å². The van der Waals surface area contributed by atoms with Gasteiger partial charge in [-0.25, -0.2) is 13.4 Å². The second kappa shape index (κ2) is 8.93. The van der Waals surface area contributed by atoms with Gasteiger partial charge in [0.15, 0.2) is 15.7 Å². The summed E-state index contributed by atoms with van der Waals surface area (Å²) in [7, 11) is -1.01. The Hall–Kier alpha value is -3.13. The minimum absolute atomic E-state index is 0.0340. The van der Waals surface area contributed by atoms with E-state index in [1.54, 1.807) is 23.1 Å². The van der Waals surface area contributed by atoms with E-state index in [0.29, 0.717) is 18.5 Å². The van der Waals surface area contributed by atoms with Crippen LogP contribution < -0.4 is 9.80 Å². The molecule has 2 heterocycles. The highest BCUT2D eigenvalue weighted by molar-refractivity contribution is 7.72. The molecule has 0 N–H and O–H groups in total. The molecule has 0 spiro atoms. The Balaban J connectivity index is 1.50. The van der Waals surface area contributed by atoms with Gasteiger partial charge in [0.1, 0.15) is 6.04 Å². The van der Waals surface area contributed by atoms with E-state index in [9.17, 15) is 13.2 Å². The molecule has 1 saturated heterocycles. The van der Waals surface area contributed by atoms with Crippen LogP contribution in [0, 0.1) is 6.92 Å². The van der Waals surface area contributed by atoms with Gasteiger partial charge < -0.3 is 14.7 Å². The predicted molar refractivity (Wildman–Crippen MR) is 123 cm³/mol. The van der Waals surface area contributed by atoms with Crippen molar-refractivity contribution in [3.05, 3.63) is 67.7 Å². The molecule has 7 nitrogen and oxygen atoms in total. The Morgan fingerprint density at radius 2 is 1.71 bits per heavy atom. The quantitative estimate of drug-likeness (QED) is 0.617. The van der Waals surface area contributed by atoms with Crippen LogP contribution in [0.15, 0.2) is 65.8 Å². The molecule has 1 aliphatic heterocycles. The third kappa shape index (κ3) is 4.20. The molecule has 2 aromatic carbocycles. The number of pyridine rings is 1. The van der Waals surface area contributed by atoms with Gasteiger partial charge in [0.25, 0.3) is 0 Å². The van der Waals surface area contributed by atoms with Crippen molar-refractivity contribution in [1.82, 2.24) is 9.88 Å². The van der Waals surface area contributed by atoms with Crippen LogP contribution in [0.2, 0.25) is 0 Å². The number of para-hydroxylation sites is 1. The van der Waals surface area contributed by atoms with E-state index in [2.05, 4.69) is 28.9 Å². The zero-order valence-corrected chi connectivity index (χ0v) is 18.2. The highest BCUT2D eigenvalue weighted by atomic mass is 32.2. The first-order valence-corrected chi connectivity index (χ1v) is 11.3. The highest BCUT2D eigenvalue weighted by Gasteiger charge is 2.28. The fourth-order valence-corrected chi connectivity index (χ4v) is 4.55. The van der Waals surface area contributed by atoms with E-state index in [1.165, 1.54) is 6.20 Å². The monoisotopic (exact) mass is 437 g/mol. The van der Waals surface area contributed by atoms with Gasteiger partial charge >= 0.3 is 0 Å². The second-order valence-corrected chi connectivity index (χ2v) is 8.48. The Morgan fingerprint density at radius 1 is 1.00 bits per heavy atom. The van der Waals surface area contributed by atoms with E-state index in [4.69, 9.17) is 0 Å². The molecular formula is C23H25N4O3S. The number of aromatic nitrogens is 1. The lowest BCUT2D eigenvalue weighted by Crippen LogP contribution is -2.54. The van der Waals surface area contributed by atoms with Crippen molar-refractivity contribution in [1.29, 1.82) is 0 Å². The van der Waals surface area contributed by atoms with Crippen molar-refractivity contribution < 1.29 is 13.2 Å². The molecule has 0 aliphatic carbocycles. The molecule has 1 atom stereocenters. The van der Waals surface area contributed by atoms with E-state index >= 15 is 0 Å². The number of hydrogen-bond donors (Lipinski definition) is 1. The van der Waals surface area contributed by atoms with Crippen LogP contribution in [0.4, 0.5) is 11.4 Å². The van der Waals surface area contributed by atoms with Gasteiger partial charge in [-0.15, -0.1) is 0 Å². The first kappa shape index (κ1) is 21.1. The molecule has 0 bridgehead atoms. The van der Waals surface area contributed by atoms with Crippen LogP contribution in [-0.2, 0) is 15.5 Å². The molecule has 1 aromatic heterocycles. The number of amides is 1. The Morgan fingerprint density at radius 3 is 2.39 bits per heavy atom. The Labute approximate surface area is 183 Å². The first-order valence-electron chi connectivity index (χ1n) is 10.1. The third-order valence-electron chi connectivity index (χ3n) is 5.78. The molecule has 4 rings (SSSR count). The Kier molecular flexibility index (Phi) is 6.08. The van der Waals surface area contributed by atoms with E-state index in [-0.39, 0.29) is 10.9 Å². The number of nitrogens with zero attached hydrogens (tertiary/aromatic N) is 4. The maximum absolute atomic E-state index is 13.2. The van der Waals surface area contributed by atoms with Crippen molar-refractivity contribution in [2.24, 2.45) is 0 Å². The molecule has 31 heavy (non-hydrogen) atoms. The normalized spacial score (nSPS) is 15.3. The zero-order valence-electron chi connectivity index (χ0n) is 17.3. The number of likely N-dealkylation sites (N-methyl/N-ethyl adjacent to an activating group) is 1. The van der Waals surface area contributed by atoms with Crippen molar-refractivity contribution in [2.75, 3.05) is 43.0 Å². The lowest BCUT2D eigenvalue weighted by molar-refractivity contribution is -0.131. The van der Waals surface area contributed by atoms with Crippen LogP contribution >= 0.6 is 0 Å². The maximum Gasteiger partial charge on any atom is 0.245 e. The molecule has 1 radical (unpaired) electrons. The van der Waals surface area contributed by atoms with Crippen molar-refractivity contribution in [3.63, 3.8) is 0 Å². The lowest BCUT2D eigenvalue weighted by atomic mass is 10.1. The van der Waals surface area contributed by atoms with Crippen LogP contribution in [0.5, 0.6) is 0 Å². The minimum Gasteiger partial charge on any atom is -0.368 e. The fraction of sp³-hybridized carbons (Fsp3) is 0.261. The number of carbonyl (C=O) groups excluding carboxylic acids is 1. The van der Waals surface area contributed by atoms with E-state index in [1.807, 2.05) is 36.2 Å². The van der Waals surface area contributed by atoms with Gasteiger partial charge in [0.2, 0.25) is 5.91 Å². The van der Waals surface area contributed by atoms with Crippen LogP contribution in [0.1, 0.15) is 0 Å². The third-order valence-corrected chi connectivity index (χ3v) is 6.48. The summed E-state index contributed by atoms with van der Waals surface area (Å²) in [6.07, 6.45) is 1.48. The molecule has 8 heteroatoms. The molecule has 161 valence electrons. The molecule has 3 aromatic rings. The number of fused-ring (bicyclic) bond motifs is 1. The number of hydrogen-bond acceptors (Lipinski definition) is 6. The van der Waals surface area contributed by atoms with Gasteiger partial charge in [-0.1, -0.05) is 30.3 Å². The maximum atomic E-state index is 13.2. The number of carbonyl (C=O) groups is 1. The number of anilines is 2. The second-order valence-electron chi connectivity index (χ2n) is 7.54. The number of thiol groups is 1. The van der Waals surface area contributed by atoms with Gasteiger partial charge in [-0.05, 0) is 31.2 Å². The molecule has 1 unspecified atom stereocenters. The summed E-state index contributed by atoms with van der Waals surface area (Å²) in [4.78, 5) is 23.1. The molecular weight excluding hydrogens is 412 g/mol. The van der Waals surface area contributed by atoms with Crippen molar-refractivity contribution in [2.45, 2.75) is 11.1 Å². The summed E-state index contributed by atoms with van der Waals surface area (Å²) in [5, 5.41) is 1.30. The van der Waals surface area contributed by atoms with Crippen LogP contribution in [-0.4, -0.2) is 63.5 Å². The number of benzene rings is 2. The zero-order chi connectivity index (χ0) is 22.0. The van der Waals surface area contributed by atoms with E-state index < -0.39 is 16.7 Å². The molecule has 1 aliphatic rings. The topological polar surface area (TPSA) is 73.8 Å². The molecule has 1 fully saturated rings.